The van der Waals surface area contributed by atoms with Gasteiger partial charge >= 0.3 is 5.97 Å². The summed E-state index contributed by atoms with van der Waals surface area (Å²) in [6.07, 6.45) is 3.10. The van der Waals surface area contributed by atoms with E-state index >= 15 is 0 Å². The van der Waals surface area contributed by atoms with Crippen LogP contribution in [0, 0.1) is 10.1 Å². The minimum absolute atomic E-state index is 0.0689. The van der Waals surface area contributed by atoms with Crippen LogP contribution < -0.4 is 29.3 Å². The summed E-state index contributed by atoms with van der Waals surface area (Å²) in [6.45, 7) is 7.76. The van der Waals surface area contributed by atoms with Crippen LogP contribution >= 0.6 is 11.3 Å². The highest BCUT2D eigenvalue weighted by Gasteiger charge is 2.31. The molecule has 3 heterocycles. The molecule has 0 radical (unpaired) electrons. The lowest BCUT2D eigenvalue weighted by Gasteiger charge is -2.34. The predicted octanol–water partition coefficient (Wildman–Crippen LogP) is 2.48. The van der Waals surface area contributed by atoms with Crippen LogP contribution in [0.25, 0.3) is 6.08 Å². The topological polar surface area (TPSA) is 129 Å². The Morgan fingerprint density at radius 2 is 1.81 bits per heavy atom. The minimum atomic E-state index is -0.844. The second kappa shape index (κ2) is 12.8. The molecule has 1 aromatic heterocycles. The molecule has 226 valence electrons. The second-order valence-corrected chi connectivity index (χ2v) is 11.0. The normalized spacial score (nSPS) is 17.1. The molecule has 0 amide bonds. The number of likely N-dealkylation sites (N-methyl/N-ethyl adjacent to an activating group) is 1. The molecule has 1 atom stereocenters. The molecule has 1 saturated heterocycles. The number of nitro groups is 1. The van der Waals surface area contributed by atoms with Crippen LogP contribution in [0.15, 0.2) is 58.0 Å². The van der Waals surface area contributed by atoms with Gasteiger partial charge in [0, 0.05) is 55.8 Å². The van der Waals surface area contributed by atoms with E-state index in [9.17, 15) is 19.7 Å². The molecule has 2 aliphatic rings. The highest BCUT2D eigenvalue weighted by atomic mass is 32.1. The van der Waals surface area contributed by atoms with Crippen LogP contribution in [0.2, 0.25) is 0 Å². The largest absolute Gasteiger partial charge is 0.490 e. The Bertz CT molecular complexity index is 1750. The van der Waals surface area contributed by atoms with Crippen LogP contribution in [-0.2, 0) is 9.53 Å². The number of hydrogen-bond acceptors (Lipinski definition) is 11. The van der Waals surface area contributed by atoms with E-state index in [4.69, 9.17) is 14.2 Å². The molecule has 0 N–H and O–H groups in total. The van der Waals surface area contributed by atoms with Gasteiger partial charge in [-0.05, 0) is 50.7 Å². The number of nitrogens with zero attached hydrogens (tertiary/aromatic N) is 5. The summed E-state index contributed by atoms with van der Waals surface area (Å²) >= 11 is 1.15. The van der Waals surface area contributed by atoms with Crippen molar-refractivity contribution in [2.24, 2.45) is 4.99 Å². The van der Waals surface area contributed by atoms with Crippen molar-refractivity contribution in [2.75, 3.05) is 58.5 Å². The fourth-order valence-electron chi connectivity index (χ4n) is 5.23. The van der Waals surface area contributed by atoms with E-state index in [0.29, 0.717) is 45.2 Å². The molecule has 2 aromatic carbocycles. The first-order chi connectivity index (χ1) is 20.7. The molecule has 3 aromatic rings. The number of nitro benzene ring substituents is 1. The zero-order valence-electron chi connectivity index (χ0n) is 24.4. The van der Waals surface area contributed by atoms with E-state index in [1.807, 2.05) is 13.8 Å². The molecule has 0 unspecified atom stereocenters. The number of aromatic nitrogens is 1. The summed E-state index contributed by atoms with van der Waals surface area (Å²) < 4.78 is 18.4. The minimum Gasteiger partial charge on any atom is -0.490 e. The predicted molar refractivity (Wildman–Crippen MR) is 163 cm³/mol. The van der Waals surface area contributed by atoms with Gasteiger partial charge in [0.15, 0.2) is 16.3 Å². The number of benzene rings is 2. The molecule has 13 heteroatoms. The maximum absolute atomic E-state index is 14.1. The Kier molecular flexibility index (Phi) is 8.92. The van der Waals surface area contributed by atoms with E-state index in [-0.39, 0.29) is 16.8 Å². The first kappa shape index (κ1) is 30.0. The van der Waals surface area contributed by atoms with Gasteiger partial charge in [-0.15, -0.1) is 0 Å². The van der Waals surface area contributed by atoms with Gasteiger partial charge in [-0.2, -0.15) is 0 Å². The molecule has 5 rings (SSSR count). The van der Waals surface area contributed by atoms with Crippen LogP contribution in [0.4, 0.5) is 11.4 Å². The molecular weight excluding hydrogens is 574 g/mol. The Balaban J connectivity index is 1.67. The number of piperazine rings is 1. The smallest absolute Gasteiger partial charge is 0.337 e. The number of anilines is 1. The lowest BCUT2D eigenvalue weighted by molar-refractivity contribution is -0.384. The molecular formula is C30H33N5O7S. The van der Waals surface area contributed by atoms with E-state index in [1.165, 1.54) is 30.0 Å². The summed E-state index contributed by atoms with van der Waals surface area (Å²) in [4.78, 5) is 47.4. The van der Waals surface area contributed by atoms with Crippen molar-refractivity contribution in [3.63, 3.8) is 0 Å². The zero-order chi connectivity index (χ0) is 30.7. The molecule has 0 spiro atoms. The van der Waals surface area contributed by atoms with E-state index in [1.54, 1.807) is 30.3 Å². The Labute approximate surface area is 251 Å². The average Bonchev–Trinajstić information content (AvgIpc) is 3.32. The first-order valence-corrected chi connectivity index (χ1v) is 14.8. The number of non-ortho nitro benzene ring substituents is 1. The molecule has 0 aliphatic carbocycles. The lowest BCUT2D eigenvalue weighted by Crippen LogP contribution is -2.44. The van der Waals surface area contributed by atoms with Crippen LogP contribution in [0.5, 0.6) is 11.5 Å². The average molecular weight is 608 g/mol. The van der Waals surface area contributed by atoms with E-state index < -0.39 is 16.9 Å². The molecule has 12 nitrogen and oxygen atoms in total. The summed E-state index contributed by atoms with van der Waals surface area (Å²) in [7, 11) is 3.33. The van der Waals surface area contributed by atoms with Crippen molar-refractivity contribution in [3.05, 3.63) is 89.1 Å². The van der Waals surface area contributed by atoms with Crippen molar-refractivity contribution in [3.8, 4) is 11.5 Å². The Morgan fingerprint density at radius 1 is 1.09 bits per heavy atom. The van der Waals surface area contributed by atoms with Gasteiger partial charge in [-0.1, -0.05) is 17.4 Å². The van der Waals surface area contributed by atoms with Gasteiger partial charge in [-0.3, -0.25) is 19.5 Å². The summed E-state index contributed by atoms with van der Waals surface area (Å²) in [5.74, 6) is 0.413. The molecule has 2 aliphatic heterocycles. The highest BCUT2D eigenvalue weighted by Crippen LogP contribution is 2.35. The number of ether oxygens (including phenoxy) is 3. The standard InChI is InChI=1S/C30H33N5O7S/c1-5-41-24-10-7-19(16-25(24)42-6-2)27-22(29(37)40-4)18-31-30-34(27)28(36)26(43-30)17-20-15-21(35(38)39)8-9-23(20)33-13-11-32(3)12-14-33/h7-10,15-18,27H,5-6,11-14H2,1-4H3/b26-17-/t27-/m0/s1. The van der Waals surface area contributed by atoms with Gasteiger partial charge in [0.05, 0.1) is 41.4 Å². The van der Waals surface area contributed by atoms with Crippen molar-refractivity contribution in [2.45, 2.75) is 19.9 Å². The Hall–Kier alpha value is -4.49. The molecule has 43 heavy (non-hydrogen) atoms. The van der Waals surface area contributed by atoms with Crippen LogP contribution in [0.3, 0.4) is 0 Å². The maximum atomic E-state index is 14.1. The van der Waals surface area contributed by atoms with Crippen molar-refractivity contribution in [1.82, 2.24) is 9.47 Å². The second-order valence-electron chi connectivity index (χ2n) is 10.0. The fraction of sp³-hybridized carbons (Fsp3) is 0.367. The number of thiazole rings is 1. The van der Waals surface area contributed by atoms with E-state index in [2.05, 4.69) is 21.8 Å². The number of fused-ring (bicyclic) bond motifs is 1. The highest BCUT2D eigenvalue weighted by molar-refractivity contribution is 7.07. The van der Waals surface area contributed by atoms with Gasteiger partial charge in [0.2, 0.25) is 0 Å². The third kappa shape index (κ3) is 6.04. The number of rotatable bonds is 9. The molecule has 1 fully saturated rings. The van der Waals surface area contributed by atoms with Gasteiger partial charge in [0.1, 0.15) is 0 Å². The summed E-state index contributed by atoms with van der Waals surface area (Å²) in [5, 5.41) is 11.7. The van der Waals surface area contributed by atoms with Crippen molar-refractivity contribution in [1.29, 1.82) is 0 Å². The SMILES string of the molecule is CCOc1ccc([C@H]2C(C(=O)OC)=CN=c3s/c(=C\c4cc([N+](=O)[O-])ccc4N4CCN(C)CC4)c(=O)n32)cc1OCC. The number of methoxy groups -OCH3 is 1. The first-order valence-electron chi connectivity index (χ1n) is 14.0. The van der Waals surface area contributed by atoms with Crippen molar-refractivity contribution < 1.29 is 23.9 Å². The van der Waals surface area contributed by atoms with Crippen LogP contribution in [-0.4, -0.2) is 73.9 Å². The monoisotopic (exact) mass is 607 g/mol. The van der Waals surface area contributed by atoms with Gasteiger partial charge in [-0.25, -0.2) is 9.79 Å². The fourth-order valence-corrected chi connectivity index (χ4v) is 6.20. The lowest BCUT2D eigenvalue weighted by atomic mass is 9.97. The van der Waals surface area contributed by atoms with E-state index in [0.717, 1.165) is 43.2 Å². The maximum Gasteiger partial charge on any atom is 0.337 e. The number of carbonyl (C=O) groups excluding carboxylic acids is 1. The van der Waals surface area contributed by atoms with Gasteiger partial charge < -0.3 is 24.0 Å². The summed E-state index contributed by atoms with van der Waals surface area (Å²) in [5.41, 5.74) is 1.71. The quantitative estimate of drug-likeness (QED) is 0.205. The molecule has 0 saturated carbocycles. The van der Waals surface area contributed by atoms with Gasteiger partial charge in [0.25, 0.3) is 11.2 Å². The third-order valence-corrected chi connectivity index (χ3v) is 8.36. The third-order valence-electron chi connectivity index (χ3n) is 7.36. The summed E-state index contributed by atoms with van der Waals surface area (Å²) in [6, 6.07) is 9.15. The number of carbonyl (C=O) groups is 1. The zero-order valence-corrected chi connectivity index (χ0v) is 25.3. The van der Waals surface area contributed by atoms with Crippen LogP contribution in [0.1, 0.15) is 31.0 Å². The number of esters is 1. The number of hydrogen-bond donors (Lipinski definition) is 0. The van der Waals surface area contributed by atoms with Crippen molar-refractivity contribution >= 4 is 34.8 Å². The molecule has 0 bridgehead atoms. The Morgan fingerprint density at radius 3 is 2.49 bits per heavy atom.